The first-order chi connectivity index (χ1) is 32.3. The van der Waals surface area contributed by atoms with Crippen molar-refractivity contribution in [2.24, 2.45) is 0 Å². The van der Waals surface area contributed by atoms with Gasteiger partial charge in [-0.1, -0.05) is 72.8 Å². The van der Waals surface area contributed by atoms with Crippen LogP contribution in [0.4, 0.5) is 0 Å². The van der Waals surface area contributed by atoms with Gasteiger partial charge < -0.3 is 35.7 Å². The smallest absolute Gasteiger partial charge is 0.123 e. The van der Waals surface area contributed by atoms with Gasteiger partial charge in [-0.3, -0.25) is 0 Å². The summed E-state index contributed by atoms with van der Waals surface area (Å²) in [5.74, 6) is -4.44. The molecule has 344 valence electrons. The highest BCUT2D eigenvalue weighted by Gasteiger charge is 2.35. The van der Waals surface area contributed by atoms with Gasteiger partial charge in [-0.05, 0) is 171 Å². The lowest BCUT2D eigenvalue weighted by Crippen LogP contribution is -2.14. The van der Waals surface area contributed by atoms with Gasteiger partial charge in [-0.25, -0.2) is 0 Å². The summed E-state index contributed by atoms with van der Waals surface area (Å²) in [4.78, 5) is 0. The van der Waals surface area contributed by atoms with Gasteiger partial charge in [0.25, 0.3) is 0 Å². The number of phenols is 7. The molecule has 8 aromatic rings. The Morgan fingerprint density at radius 1 is 0.206 bits per heavy atom. The number of hydrogen-bond donors (Lipinski definition) is 7. The third-order valence-electron chi connectivity index (χ3n) is 14.9. The molecule has 0 aromatic heterocycles. The molecule has 0 amide bonds. The minimum absolute atomic E-state index is 0.0135. The van der Waals surface area contributed by atoms with Crippen molar-refractivity contribution in [3.8, 4) is 40.2 Å². The molecular formula is C61H58O7. The summed E-state index contributed by atoms with van der Waals surface area (Å²) in [5, 5.41) is 85.5. The number of rotatable bonds is 4. The van der Waals surface area contributed by atoms with E-state index in [-0.39, 0.29) is 40.2 Å². The Morgan fingerprint density at radius 3 is 0.647 bits per heavy atom. The van der Waals surface area contributed by atoms with E-state index in [4.69, 9.17) is 0 Å². The lowest BCUT2D eigenvalue weighted by molar-refractivity contribution is 0.433. The van der Waals surface area contributed by atoms with E-state index in [1.165, 1.54) is 18.2 Å². The van der Waals surface area contributed by atoms with Crippen LogP contribution in [-0.4, -0.2) is 35.7 Å². The van der Waals surface area contributed by atoms with E-state index in [0.717, 1.165) is 77.9 Å². The van der Waals surface area contributed by atoms with Gasteiger partial charge in [0.2, 0.25) is 0 Å². The average molecular weight is 903 g/mol. The monoisotopic (exact) mass is 902 g/mol. The molecule has 1 aliphatic rings. The van der Waals surface area contributed by atoms with Crippen LogP contribution in [0.15, 0.2) is 121 Å². The maximum Gasteiger partial charge on any atom is 0.123 e. The number of phenolic OH excluding ortho intramolecular Hbond substituents is 7. The van der Waals surface area contributed by atoms with E-state index in [1.54, 1.807) is 18.2 Å². The Balaban J connectivity index is 1.50. The zero-order valence-electron chi connectivity index (χ0n) is 40.0. The summed E-state index contributed by atoms with van der Waals surface area (Å²) < 4.78 is 0. The van der Waals surface area contributed by atoms with Crippen molar-refractivity contribution in [2.45, 2.75) is 86.0 Å². The lowest BCUT2D eigenvalue weighted by Gasteiger charge is -2.30. The molecule has 68 heavy (non-hydrogen) atoms. The van der Waals surface area contributed by atoms with E-state index in [9.17, 15) is 35.7 Å². The fraction of sp³-hybridized carbons (Fsp3) is 0.213. The molecule has 4 unspecified atom stereocenters. The molecule has 0 aliphatic heterocycles. The van der Waals surface area contributed by atoms with Crippen LogP contribution in [0.3, 0.4) is 0 Å². The van der Waals surface area contributed by atoms with E-state index in [2.05, 4.69) is 6.07 Å². The Labute approximate surface area is 398 Å². The van der Waals surface area contributed by atoms with Gasteiger partial charge in [0.15, 0.2) is 0 Å². The molecular weight excluding hydrogens is 845 g/mol. The van der Waals surface area contributed by atoms with Crippen LogP contribution in [0.25, 0.3) is 0 Å². The highest BCUT2D eigenvalue weighted by atomic mass is 16.3. The van der Waals surface area contributed by atoms with Gasteiger partial charge in [-0.15, -0.1) is 0 Å². The van der Waals surface area contributed by atoms with E-state index in [1.807, 2.05) is 141 Å². The predicted molar refractivity (Wildman–Crippen MR) is 270 cm³/mol. The van der Waals surface area contributed by atoms with Crippen molar-refractivity contribution < 1.29 is 35.7 Å². The van der Waals surface area contributed by atoms with Crippen molar-refractivity contribution in [3.05, 3.63) is 238 Å². The summed E-state index contributed by atoms with van der Waals surface area (Å²) in [7, 11) is 0. The second-order valence-electron chi connectivity index (χ2n) is 19.3. The van der Waals surface area contributed by atoms with Crippen molar-refractivity contribution >= 4 is 0 Å². The van der Waals surface area contributed by atoms with Gasteiger partial charge in [0, 0.05) is 80.8 Å². The normalized spacial score (nSPS) is 16.7. The zero-order chi connectivity index (χ0) is 48.6. The van der Waals surface area contributed by atoms with E-state index >= 15 is 0 Å². The number of aromatic hydroxyl groups is 7. The van der Waals surface area contributed by atoms with Crippen LogP contribution in [0.5, 0.6) is 40.2 Å². The molecule has 7 N–H and O–H groups in total. The molecule has 8 bridgehead atoms. The first-order valence-electron chi connectivity index (χ1n) is 23.1. The Kier molecular flexibility index (Phi) is 11.5. The van der Waals surface area contributed by atoms with Crippen LogP contribution in [0.1, 0.15) is 141 Å². The molecule has 4 atom stereocenters. The fourth-order valence-electron chi connectivity index (χ4n) is 10.4. The molecule has 0 saturated heterocycles. The van der Waals surface area contributed by atoms with Crippen molar-refractivity contribution in [1.82, 2.24) is 0 Å². The highest BCUT2D eigenvalue weighted by Crippen LogP contribution is 2.53. The molecule has 0 heterocycles. The predicted octanol–water partition coefficient (Wildman–Crippen LogP) is 13.4. The number of hydrogen-bond acceptors (Lipinski definition) is 7. The van der Waals surface area contributed by atoms with E-state index < -0.39 is 23.7 Å². The largest absolute Gasteiger partial charge is 0.508 e. The second kappa shape index (κ2) is 17.2. The summed E-state index contributed by atoms with van der Waals surface area (Å²) in [6, 6.07) is 37.2. The lowest BCUT2D eigenvalue weighted by atomic mass is 9.74. The molecule has 0 fully saturated rings. The first-order valence-corrected chi connectivity index (χ1v) is 23.1. The van der Waals surface area contributed by atoms with Gasteiger partial charge in [0.1, 0.15) is 40.2 Å². The topological polar surface area (TPSA) is 142 Å². The van der Waals surface area contributed by atoms with Crippen molar-refractivity contribution in [1.29, 1.82) is 0 Å². The molecule has 0 saturated carbocycles. The van der Waals surface area contributed by atoms with Crippen molar-refractivity contribution in [2.75, 3.05) is 0 Å². The maximum absolute atomic E-state index is 12.3. The van der Waals surface area contributed by atoms with Crippen LogP contribution in [-0.2, 0) is 0 Å². The maximum atomic E-state index is 12.3. The van der Waals surface area contributed by atoms with Crippen LogP contribution >= 0.6 is 0 Å². The third kappa shape index (κ3) is 7.85. The summed E-state index contributed by atoms with van der Waals surface area (Å²) in [6.07, 6.45) is 0. The highest BCUT2D eigenvalue weighted by molar-refractivity contribution is 5.67. The van der Waals surface area contributed by atoms with Crippen LogP contribution in [0.2, 0.25) is 0 Å². The van der Waals surface area contributed by atoms with E-state index in [0.29, 0.717) is 38.9 Å². The minimum Gasteiger partial charge on any atom is -0.508 e. The SMILES string of the molecule is Cc1ccc(C2c3cc(c(O)cc3C)C(c3ccc(C)c(C)c3)c3cc(c(O)cc3O)C(c3ccc(C)c(C)c3)c3cc(c(O)cc3O)C(c3ccc(C)c(C)c3)c3cc2c(O)cc3O)cc1C. The van der Waals surface area contributed by atoms with Crippen LogP contribution < -0.4 is 0 Å². The summed E-state index contributed by atoms with van der Waals surface area (Å²) in [6.45, 7) is 18.1. The molecule has 1 aliphatic carbocycles. The average Bonchev–Trinajstić information content (AvgIpc) is 3.27. The number of aryl methyl sites for hydroxylation is 9. The number of benzene rings is 8. The number of fused-ring (bicyclic) bond motifs is 8. The third-order valence-corrected chi connectivity index (χ3v) is 14.9. The Bertz CT molecular complexity index is 2800. The van der Waals surface area contributed by atoms with Gasteiger partial charge in [-0.2, -0.15) is 0 Å². The zero-order valence-corrected chi connectivity index (χ0v) is 40.0. The first kappa shape index (κ1) is 45.5. The molecule has 7 nitrogen and oxygen atoms in total. The Morgan fingerprint density at radius 2 is 0.412 bits per heavy atom. The minimum atomic E-state index is -0.873. The fourth-order valence-corrected chi connectivity index (χ4v) is 10.4. The second-order valence-corrected chi connectivity index (χ2v) is 19.3. The quantitative estimate of drug-likeness (QED) is 0.0932. The molecule has 0 radical (unpaired) electrons. The summed E-state index contributed by atoms with van der Waals surface area (Å²) >= 11 is 0. The molecule has 8 aromatic carbocycles. The standard InChI is InChI=1S/C61H58O7/c1-30-10-14-39(18-34(30)5)58-43-23-44(51(62)22-38(43)9)59(40-15-11-31(2)35(6)19-40)47-25-48(55(66)28-54(47)65)61(42-17-13-33(4)37(8)21-42)50-26-49(56(67)29-57(50)68)60(41-16-12-32(3)36(7)20-41)46-24-45(58)52(63)27-53(46)64/h10-29,58-68H,1-9H3. The van der Waals surface area contributed by atoms with Gasteiger partial charge in [0.05, 0.1) is 0 Å². The Hall–Kier alpha value is -7.64. The van der Waals surface area contributed by atoms with Gasteiger partial charge >= 0.3 is 0 Å². The van der Waals surface area contributed by atoms with Crippen LogP contribution in [0, 0.1) is 62.3 Å². The molecule has 9 rings (SSSR count). The van der Waals surface area contributed by atoms with Crippen molar-refractivity contribution in [3.63, 3.8) is 0 Å². The molecule has 7 heteroatoms. The molecule has 0 spiro atoms. The summed E-state index contributed by atoms with van der Waals surface area (Å²) in [5.41, 5.74) is 15.7.